The summed E-state index contributed by atoms with van der Waals surface area (Å²) < 4.78 is 0. The second kappa shape index (κ2) is 7.09. The van der Waals surface area contributed by atoms with Crippen LogP contribution >= 0.6 is 11.6 Å². The Bertz CT molecular complexity index is 458. The van der Waals surface area contributed by atoms with Gasteiger partial charge in [0.2, 0.25) is 0 Å². The molecule has 1 aliphatic carbocycles. The van der Waals surface area contributed by atoms with Gasteiger partial charge in [-0.05, 0) is 32.8 Å². The van der Waals surface area contributed by atoms with E-state index < -0.39 is 0 Å². The molecule has 4 heteroatoms. The predicted octanol–water partition coefficient (Wildman–Crippen LogP) is 2.41. The van der Waals surface area contributed by atoms with Crippen LogP contribution in [-0.4, -0.2) is 18.0 Å². The molecule has 0 unspecified atom stereocenters. The van der Waals surface area contributed by atoms with Crippen molar-refractivity contribution in [3.05, 3.63) is 34.9 Å². The minimum atomic E-state index is -0.0955. The van der Waals surface area contributed by atoms with Crippen molar-refractivity contribution in [2.75, 3.05) is 0 Å². The largest absolute Gasteiger partial charge is 0.348 e. The summed E-state index contributed by atoms with van der Waals surface area (Å²) in [4.78, 5) is 12.2. The van der Waals surface area contributed by atoms with Crippen molar-refractivity contribution in [3.8, 4) is 0 Å². The second-order valence-corrected chi connectivity index (χ2v) is 6.19. The molecule has 1 aromatic carbocycles. The predicted molar refractivity (Wildman–Crippen MR) is 81.7 cm³/mol. The van der Waals surface area contributed by atoms with Gasteiger partial charge in [-0.2, -0.15) is 0 Å². The van der Waals surface area contributed by atoms with Crippen LogP contribution in [0.5, 0.6) is 0 Å². The zero-order valence-corrected chi connectivity index (χ0v) is 13.0. The number of hydrogen-bond acceptors (Lipinski definition) is 1. The summed E-state index contributed by atoms with van der Waals surface area (Å²) >= 11 is 6.20. The quantitative estimate of drug-likeness (QED) is 0.861. The summed E-state index contributed by atoms with van der Waals surface area (Å²) in [6, 6.07) is 8.28. The number of halogens is 1. The van der Waals surface area contributed by atoms with E-state index in [9.17, 15) is 4.79 Å². The van der Waals surface area contributed by atoms with E-state index in [1.807, 2.05) is 31.2 Å². The maximum Gasteiger partial charge on any atom is 0.278 e. The van der Waals surface area contributed by atoms with Crippen molar-refractivity contribution in [2.45, 2.75) is 57.7 Å². The van der Waals surface area contributed by atoms with Gasteiger partial charge < -0.3 is 10.6 Å². The third-order valence-electron chi connectivity index (χ3n) is 4.09. The summed E-state index contributed by atoms with van der Waals surface area (Å²) in [6.07, 6.45) is 4.72. The van der Waals surface area contributed by atoms with Gasteiger partial charge in [0.25, 0.3) is 5.91 Å². The van der Waals surface area contributed by atoms with Crippen molar-refractivity contribution < 1.29 is 10.1 Å². The summed E-state index contributed by atoms with van der Waals surface area (Å²) in [5.74, 6) is 0.135. The molecule has 20 heavy (non-hydrogen) atoms. The minimum absolute atomic E-state index is 0.0955. The topological polar surface area (TPSA) is 45.7 Å². The Balaban J connectivity index is 1.88. The van der Waals surface area contributed by atoms with Gasteiger partial charge in [0.15, 0.2) is 6.04 Å². The molecule has 110 valence electrons. The summed E-state index contributed by atoms with van der Waals surface area (Å²) in [5, 5.41) is 5.99. The lowest BCUT2D eigenvalue weighted by atomic mass is 10.1. The first kappa shape index (κ1) is 15.3. The fourth-order valence-corrected chi connectivity index (χ4v) is 3.18. The molecule has 0 aromatic heterocycles. The van der Waals surface area contributed by atoms with Gasteiger partial charge in [0, 0.05) is 16.6 Å². The Morgan fingerprint density at radius 3 is 2.60 bits per heavy atom. The van der Waals surface area contributed by atoms with Crippen LogP contribution < -0.4 is 10.6 Å². The van der Waals surface area contributed by atoms with Crippen LogP contribution in [0.1, 0.15) is 51.1 Å². The van der Waals surface area contributed by atoms with Crippen molar-refractivity contribution in [1.29, 1.82) is 0 Å². The van der Waals surface area contributed by atoms with Crippen molar-refractivity contribution in [1.82, 2.24) is 5.32 Å². The molecule has 0 heterocycles. The third-order valence-corrected chi connectivity index (χ3v) is 4.43. The first-order valence-electron chi connectivity index (χ1n) is 7.47. The number of hydrogen-bond donors (Lipinski definition) is 2. The van der Waals surface area contributed by atoms with Crippen LogP contribution in [0.15, 0.2) is 24.3 Å². The zero-order chi connectivity index (χ0) is 14.5. The summed E-state index contributed by atoms with van der Waals surface area (Å²) in [6.45, 7) is 4.04. The number of amides is 1. The molecule has 1 aromatic rings. The van der Waals surface area contributed by atoms with Crippen LogP contribution in [0, 0.1) is 0 Å². The third kappa shape index (κ3) is 3.97. The number of rotatable bonds is 5. The van der Waals surface area contributed by atoms with E-state index in [0.29, 0.717) is 6.04 Å². The standard InChI is InChI=1S/C16H23ClN2O/c1-11(14-9-5-6-10-15(14)17)18-12(2)16(20)19-13-7-3-4-8-13/h5-6,9-13,18H,3-4,7-8H2,1-2H3,(H,19,20)/p+1/t11-,12-/m1/s1. The Kier molecular flexibility index (Phi) is 5.44. The van der Waals surface area contributed by atoms with E-state index in [4.69, 9.17) is 11.6 Å². The molecule has 0 saturated heterocycles. The van der Waals surface area contributed by atoms with Gasteiger partial charge in [-0.3, -0.25) is 4.79 Å². The Hall–Kier alpha value is -1.06. The van der Waals surface area contributed by atoms with Gasteiger partial charge in [-0.1, -0.05) is 42.6 Å². The number of benzene rings is 1. The number of nitrogens with two attached hydrogens (primary N) is 1. The van der Waals surface area contributed by atoms with Crippen LogP contribution in [0.4, 0.5) is 0 Å². The fraction of sp³-hybridized carbons (Fsp3) is 0.562. The van der Waals surface area contributed by atoms with E-state index >= 15 is 0 Å². The fourth-order valence-electron chi connectivity index (χ4n) is 2.87. The van der Waals surface area contributed by atoms with Crippen molar-refractivity contribution >= 4 is 17.5 Å². The van der Waals surface area contributed by atoms with Gasteiger partial charge in [-0.25, -0.2) is 0 Å². The Labute approximate surface area is 126 Å². The molecule has 0 radical (unpaired) electrons. The Morgan fingerprint density at radius 1 is 1.30 bits per heavy atom. The SMILES string of the molecule is C[C@@H]([NH2+][C@H](C)c1ccccc1Cl)C(=O)NC1CCCC1. The van der Waals surface area contributed by atoms with Crippen LogP contribution in [0.25, 0.3) is 0 Å². The molecule has 3 nitrogen and oxygen atoms in total. The molecule has 0 bridgehead atoms. The van der Waals surface area contributed by atoms with E-state index in [1.165, 1.54) is 12.8 Å². The number of quaternary nitrogens is 1. The van der Waals surface area contributed by atoms with Crippen LogP contribution in [0.2, 0.25) is 5.02 Å². The van der Waals surface area contributed by atoms with E-state index in [0.717, 1.165) is 23.4 Å². The van der Waals surface area contributed by atoms with Gasteiger partial charge in [0.1, 0.15) is 6.04 Å². The molecule has 1 fully saturated rings. The minimum Gasteiger partial charge on any atom is -0.348 e. The Morgan fingerprint density at radius 2 is 1.95 bits per heavy atom. The lowest BCUT2D eigenvalue weighted by molar-refractivity contribution is -0.710. The molecular formula is C16H24ClN2O+. The lowest BCUT2D eigenvalue weighted by Crippen LogP contribution is -2.92. The maximum atomic E-state index is 12.2. The molecule has 1 aliphatic rings. The molecular weight excluding hydrogens is 272 g/mol. The molecule has 1 saturated carbocycles. The highest BCUT2D eigenvalue weighted by atomic mass is 35.5. The first-order chi connectivity index (χ1) is 9.58. The summed E-state index contributed by atoms with van der Waals surface area (Å²) in [5.41, 5.74) is 1.08. The molecule has 2 atom stereocenters. The molecule has 3 N–H and O–H groups in total. The van der Waals surface area contributed by atoms with E-state index in [1.54, 1.807) is 0 Å². The second-order valence-electron chi connectivity index (χ2n) is 5.78. The highest BCUT2D eigenvalue weighted by molar-refractivity contribution is 6.31. The smallest absolute Gasteiger partial charge is 0.278 e. The van der Waals surface area contributed by atoms with Crippen molar-refractivity contribution in [3.63, 3.8) is 0 Å². The number of nitrogens with one attached hydrogen (secondary N) is 1. The van der Waals surface area contributed by atoms with Crippen LogP contribution in [0.3, 0.4) is 0 Å². The molecule has 2 rings (SSSR count). The summed E-state index contributed by atoms with van der Waals surface area (Å²) in [7, 11) is 0. The monoisotopic (exact) mass is 295 g/mol. The highest BCUT2D eigenvalue weighted by Crippen LogP contribution is 2.20. The average Bonchev–Trinajstić information content (AvgIpc) is 2.91. The lowest BCUT2D eigenvalue weighted by Gasteiger charge is -2.19. The maximum absolute atomic E-state index is 12.2. The first-order valence-corrected chi connectivity index (χ1v) is 7.85. The molecule has 1 amide bonds. The van der Waals surface area contributed by atoms with E-state index in [-0.39, 0.29) is 18.0 Å². The number of carbonyl (C=O) groups is 1. The zero-order valence-electron chi connectivity index (χ0n) is 12.2. The molecule has 0 aliphatic heterocycles. The average molecular weight is 296 g/mol. The van der Waals surface area contributed by atoms with Crippen LogP contribution in [-0.2, 0) is 4.79 Å². The van der Waals surface area contributed by atoms with Gasteiger partial charge >= 0.3 is 0 Å². The van der Waals surface area contributed by atoms with E-state index in [2.05, 4.69) is 17.6 Å². The van der Waals surface area contributed by atoms with Gasteiger partial charge in [0.05, 0.1) is 0 Å². The number of carbonyl (C=O) groups excluding carboxylic acids is 1. The highest BCUT2D eigenvalue weighted by Gasteiger charge is 2.24. The molecule has 0 spiro atoms. The van der Waals surface area contributed by atoms with Crippen molar-refractivity contribution in [2.24, 2.45) is 0 Å². The van der Waals surface area contributed by atoms with Gasteiger partial charge in [-0.15, -0.1) is 0 Å². The normalized spacial score (nSPS) is 18.8.